The Morgan fingerprint density at radius 2 is 2.14 bits per heavy atom. The van der Waals surface area contributed by atoms with Crippen LogP contribution >= 0.6 is 0 Å². The van der Waals surface area contributed by atoms with E-state index in [4.69, 9.17) is 10.7 Å². The second-order valence-electron chi connectivity index (χ2n) is 6.63. The molecule has 0 aliphatic carbocycles. The Hall–Kier alpha value is -3.92. The van der Waals surface area contributed by atoms with Crippen LogP contribution in [0.4, 0.5) is 10.5 Å². The summed E-state index contributed by atoms with van der Waals surface area (Å²) >= 11 is 0. The first-order chi connectivity index (χ1) is 14.0. The molecule has 29 heavy (non-hydrogen) atoms. The number of urea groups is 1. The fourth-order valence-corrected chi connectivity index (χ4v) is 3.10. The van der Waals surface area contributed by atoms with Gasteiger partial charge in [0.05, 0.1) is 24.4 Å². The first-order valence-electron chi connectivity index (χ1n) is 9.26. The van der Waals surface area contributed by atoms with Crippen LogP contribution in [0.2, 0.25) is 0 Å². The van der Waals surface area contributed by atoms with Crippen molar-refractivity contribution in [3.63, 3.8) is 0 Å². The average molecular weight is 386 g/mol. The monoisotopic (exact) mass is 386 g/mol. The highest BCUT2D eigenvalue weighted by molar-refractivity contribution is 6.01. The molecule has 1 heterocycles. The standard InChI is InChI=1S/C22H22N6O/c1-3-18-10-20(7-8-21(18)19-12-25-26-13-19)27-22(29)28(15(2)24)14-17-6-4-5-16(9-17)11-23/h4-10,12-13,24H,3,14H2,1-2H3,(H,25,26)(H,27,29). The lowest BCUT2D eigenvalue weighted by molar-refractivity contribution is 0.232. The molecular formula is C22H22N6O. The van der Waals surface area contributed by atoms with Crippen LogP contribution in [0.1, 0.15) is 30.5 Å². The third-order valence-electron chi connectivity index (χ3n) is 4.59. The number of amidine groups is 1. The molecule has 0 aliphatic rings. The molecule has 3 rings (SSSR count). The second-order valence-corrected chi connectivity index (χ2v) is 6.63. The topological polar surface area (TPSA) is 109 Å². The second kappa shape index (κ2) is 8.85. The van der Waals surface area contributed by atoms with E-state index in [1.807, 2.05) is 30.5 Å². The fourth-order valence-electron chi connectivity index (χ4n) is 3.10. The highest BCUT2D eigenvalue weighted by Gasteiger charge is 2.17. The molecule has 0 aliphatic heterocycles. The van der Waals surface area contributed by atoms with E-state index in [2.05, 4.69) is 28.5 Å². The number of nitrogens with zero attached hydrogens (tertiary/aromatic N) is 3. The number of rotatable bonds is 5. The van der Waals surface area contributed by atoms with E-state index in [-0.39, 0.29) is 12.4 Å². The van der Waals surface area contributed by atoms with Gasteiger partial charge < -0.3 is 5.32 Å². The van der Waals surface area contributed by atoms with Crippen molar-refractivity contribution < 1.29 is 4.79 Å². The van der Waals surface area contributed by atoms with Gasteiger partial charge in [0.15, 0.2) is 0 Å². The normalized spacial score (nSPS) is 10.2. The summed E-state index contributed by atoms with van der Waals surface area (Å²) in [6, 6.07) is 14.5. The number of aromatic amines is 1. The van der Waals surface area contributed by atoms with Crippen molar-refractivity contribution in [2.45, 2.75) is 26.8 Å². The minimum Gasteiger partial charge on any atom is -0.307 e. The van der Waals surface area contributed by atoms with Gasteiger partial charge in [-0.3, -0.25) is 15.4 Å². The molecule has 7 heteroatoms. The van der Waals surface area contributed by atoms with E-state index in [1.54, 1.807) is 31.3 Å². The van der Waals surface area contributed by atoms with Crippen LogP contribution < -0.4 is 5.32 Å². The van der Waals surface area contributed by atoms with E-state index < -0.39 is 6.03 Å². The molecule has 2 amide bonds. The van der Waals surface area contributed by atoms with Crippen LogP contribution in [-0.2, 0) is 13.0 Å². The largest absolute Gasteiger partial charge is 0.327 e. The van der Waals surface area contributed by atoms with Gasteiger partial charge in [-0.25, -0.2) is 4.79 Å². The fraction of sp³-hybridized carbons (Fsp3) is 0.182. The van der Waals surface area contributed by atoms with Crippen molar-refractivity contribution in [2.75, 3.05) is 5.32 Å². The number of carbonyl (C=O) groups is 1. The molecule has 2 aromatic carbocycles. The number of nitriles is 1. The molecule has 0 saturated heterocycles. The van der Waals surface area contributed by atoms with Gasteiger partial charge in [0.25, 0.3) is 0 Å². The van der Waals surface area contributed by atoms with Crippen LogP contribution in [0.5, 0.6) is 0 Å². The molecular weight excluding hydrogens is 364 g/mol. The number of aryl methyl sites for hydroxylation is 1. The molecule has 0 radical (unpaired) electrons. The number of benzene rings is 2. The van der Waals surface area contributed by atoms with E-state index in [0.717, 1.165) is 28.7 Å². The zero-order chi connectivity index (χ0) is 20.8. The molecule has 1 aromatic heterocycles. The zero-order valence-electron chi connectivity index (χ0n) is 16.4. The Labute approximate surface area is 169 Å². The molecule has 3 N–H and O–H groups in total. The smallest absolute Gasteiger partial charge is 0.307 e. The maximum Gasteiger partial charge on any atom is 0.327 e. The van der Waals surface area contributed by atoms with E-state index >= 15 is 0 Å². The van der Waals surface area contributed by atoms with E-state index in [0.29, 0.717) is 11.3 Å². The lowest BCUT2D eigenvalue weighted by Gasteiger charge is -2.22. The van der Waals surface area contributed by atoms with Crippen molar-refractivity contribution in [3.05, 3.63) is 71.5 Å². The molecule has 0 unspecified atom stereocenters. The van der Waals surface area contributed by atoms with Crippen LogP contribution in [-0.4, -0.2) is 27.0 Å². The predicted octanol–water partition coefficient (Wildman–Crippen LogP) is 4.54. The highest BCUT2D eigenvalue weighted by atomic mass is 16.2. The molecule has 3 aromatic rings. The third kappa shape index (κ3) is 4.68. The number of aromatic nitrogens is 2. The van der Waals surface area contributed by atoms with Gasteiger partial charge in [0.1, 0.15) is 5.84 Å². The van der Waals surface area contributed by atoms with Gasteiger partial charge in [-0.1, -0.05) is 25.1 Å². The number of carbonyl (C=O) groups excluding carboxylic acids is 1. The van der Waals surface area contributed by atoms with Crippen LogP contribution in [0.15, 0.2) is 54.9 Å². The van der Waals surface area contributed by atoms with Crippen molar-refractivity contribution in [2.24, 2.45) is 0 Å². The van der Waals surface area contributed by atoms with Gasteiger partial charge >= 0.3 is 6.03 Å². The lowest BCUT2D eigenvalue weighted by atomic mass is 10.00. The van der Waals surface area contributed by atoms with Crippen molar-refractivity contribution in [1.82, 2.24) is 15.1 Å². The number of amides is 2. The van der Waals surface area contributed by atoms with Gasteiger partial charge in [-0.2, -0.15) is 10.4 Å². The van der Waals surface area contributed by atoms with Gasteiger partial charge in [0, 0.05) is 17.4 Å². The summed E-state index contributed by atoms with van der Waals surface area (Å²) in [5.41, 5.74) is 5.12. The molecule has 0 fully saturated rings. The summed E-state index contributed by atoms with van der Waals surface area (Å²) in [5, 5.41) is 26.7. The van der Waals surface area contributed by atoms with Gasteiger partial charge in [0.2, 0.25) is 0 Å². The van der Waals surface area contributed by atoms with E-state index in [1.165, 1.54) is 4.90 Å². The lowest BCUT2D eigenvalue weighted by Crippen LogP contribution is -2.37. The number of H-pyrrole nitrogens is 1. The Bertz CT molecular complexity index is 1070. The summed E-state index contributed by atoms with van der Waals surface area (Å²) in [5.74, 6) is 0.121. The number of anilines is 1. The Morgan fingerprint density at radius 1 is 1.31 bits per heavy atom. The average Bonchev–Trinajstić information content (AvgIpc) is 3.26. The zero-order valence-corrected chi connectivity index (χ0v) is 16.4. The Kier molecular flexibility index (Phi) is 6.05. The van der Waals surface area contributed by atoms with Crippen LogP contribution in [0.3, 0.4) is 0 Å². The first-order valence-corrected chi connectivity index (χ1v) is 9.26. The molecule has 0 bridgehead atoms. The minimum atomic E-state index is -0.391. The Morgan fingerprint density at radius 3 is 2.79 bits per heavy atom. The maximum atomic E-state index is 12.8. The molecule has 7 nitrogen and oxygen atoms in total. The molecule has 0 saturated carbocycles. The summed E-state index contributed by atoms with van der Waals surface area (Å²) in [6.45, 7) is 3.83. The minimum absolute atomic E-state index is 0.121. The quantitative estimate of drug-likeness (QED) is 0.442. The molecule has 0 spiro atoms. The highest BCUT2D eigenvalue weighted by Crippen LogP contribution is 2.26. The van der Waals surface area contributed by atoms with Crippen molar-refractivity contribution >= 4 is 17.6 Å². The Balaban J connectivity index is 1.79. The first kappa shape index (κ1) is 19.8. The van der Waals surface area contributed by atoms with Crippen LogP contribution in [0.25, 0.3) is 11.1 Å². The van der Waals surface area contributed by atoms with Gasteiger partial charge in [-0.05, 0) is 54.3 Å². The van der Waals surface area contributed by atoms with E-state index in [9.17, 15) is 4.79 Å². The molecule has 0 atom stereocenters. The van der Waals surface area contributed by atoms with Crippen molar-refractivity contribution in [1.29, 1.82) is 10.7 Å². The SMILES string of the molecule is CCc1cc(NC(=O)N(Cc2cccc(C#N)c2)C(C)=N)ccc1-c1cn[nH]c1. The maximum absolute atomic E-state index is 12.8. The number of hydrogen-bond donors (Lipinski definition) is 3. The van der Waals surface area contributed by atoms with Crippen molar-refractivity contribution in [3.8, 4) is 17.2 Å². The summed E-state index contributed by atoms with van der Waals surface area (Å²) in [6.07, 6.45) is 4.41. The molecule has 146 valence electrons. The summed E-state index contributed by atoms with van der Waals surface area (Å²) in [4.78, 5) is 14.2. The van der Waals surface area contributed by atoms with Crippen LogP contribution in [0, 0.1) is 16.7 Å². The third-order valence-corrected chi connectivity index (χ3v) is 4.59. The summed E-state index contributed by atoms with van der Waals surface area (Å²) in [7, 11) is 0. The summed E-state index contributed by atoms with van der Waals surface area (Å²) < 4.78 is 0. The van der Waals surface area contributed by atoms with Gasteiger partial charge in [-0.15, -0.1) is 0 Å². The predicted molar refractivity (Wildman–Crippen MR) is 113 cm³/mol. The number of nitrogens with one attached hydrogen (secondary N) is 3. The number of hydrogen-bond acceptors (Lipinski definition) is 4.